The zero-order valence-electron chi connectivity index (χ0n) is 10.1. The lowest BCUT2D eigenvalue weighted by atomic mass is 10.2. The molecule has 0 amide bonds. The number of carbonyl (C=O) groups is 1. The van der Waals surface area contributed by atoms with Gasteiger partial charge >= 0.3 is 5.97 Å². The number of carbonyl (C=O) groups excluding carboxylic acids is 1. The molecule has 0 fully saturated rings. The molecule has 0 aliphatic carbocycles. The molecule has 0 saturated heterocycles. The maximum atomic E-state index is 11.5. The Hall–Kier alpha value is -1.94. The van der Waals surface area contributed by atoms with Gasteiger partial charge in [0.2, 0.25) is 0 Å². The number of hydrogen-bond donors (Lipinski definition) is 0. The highest BCUT2D eigenvalue weighted by Gasteiger charge is 1.98. The molecule has 1 aromatic carbocycles. The minimum atomic E-state index is -0.369. The Morgan fingerprint density at radius 3 is 2.68 bits per heavy atom. The van der Waals surface area contributed by atoms with Crippen molar-refractivity contribution in [2.45, 2.75) is 6.61 Å². The molecule has 1 heterocycles. The van der Waals surface area contributed by atoms with Crippen LogP contribution in [-0.2, 0) is 16.1 Å². The van der Waals surface area contributed by atoms with Crippen molar-refractivity contribution in [3.63, 3.8) is 0 Å². The van der Waals surface area contributed by atoms with E-state index in [0.717, 1.165) is 15.7 Å². The molecule has 0 bridgehead atoms. The number of nitrogens with zero attached hydrogens (tertiary/aromatic N) is 1. The number of halogens is 1. The van der Waals surface area contributed by atoms with Crippen molar-refractivity contribution in [1.29, 1.82) is 0 Å². The third-order valence-corrected chi connectivity index (χ3v) is 2.86. The molecule has 19 heavy (non-hydrogen) atoms. The largest absolute Gasteiger partial charge is 0.458 e. The third kappa shape index (κ3) is 4.67. The summed E-state index contributed by atoms with van der Waals surface area (Å²) < 4.78 is 5.88. The first-order valence-electron chi connectivity index (χ1n) is 5.74. The van der Waals surface area contributed by atoms with Crippen LogP contribution in [0.3, 0.4) is 0 Å². The van der Waals surface area contributed by atoms with Gasteiger partial charge in [0.25, 0.3) is 0 Å². The van der Waals surface area contributed by atoms with Crippen LogP contribution in [0.2, 0.25) is 0 Å². The van der Waals surface area contributed by atoms with E-state index >= 15 is 0 Å². The van der Waals surface area contributed by atoms with Crippen molar-refractivity contribution in [1.82, 2.24) is 4.98 Å². The summed E-state index contributed by atoms with van der Waals surface area (Å²) in [6.07, 6.45) is 4.74. The van der Waals surface area contributed by atoms with E-state index in [1.54, 1.807) is 12.3 Å². The number of ether oxygens (including phenoxy) is 1. The van der Waals surface area contributed by atoms with E-state index in [9.17, 15) is 4.79 Å². The second kappa shape index (κ2) is 6.85. The molecule has 1 aromatic heterocycles. The van der Waals surface area contributed by atoms with Crippen molar-refractivity contribution in [2.75, 3.05) is 0 Å². The summed E-state index contributed by atoms with van der Waals surface area (Å²) >= 11 is 3.25. The van der Waals surface area contributed by atoms with Crippen LogP contribution in [0.4, 0.5) is 0 Å². The molecule has 2 aromatic rings. The Balaban J connectivity index is 1.86. The highest BCUT2D eigenvalue weighted by atomic mass is 79.9. The number of esters is 1. The highest BCUT2D eigenvalue weighted by Crippen LogP contribution is 2.08. The fraction of sp³-hybridized carbons (Fsp3) is 0.0667. The van der Waals surface area contributed by atoms with E-state index < -0.39 is 0 Å². The van der Waals surface area contributed by atoms with Crippen molar-refractivity contribution in [3.8, 4) is 0 Å². The monoisotopic (exact) mass is 317 g/mol. The van der Waals surface area contributed by atoms with Crippen molar-refractivity contribution >= 4 is 28.0 Å². The van der Waals surface area contributed by atoms with Crippen molar-refractivity contribution < 1.29 is 9.53 Å². The Labute approximate surface area is 120 Å². The highest BCUT2D eigenvalue weighted by molar-refractivity contribution is 9.10. The van der Waals surface area contributed by atoms with Gasteiger partial charge in [0.15, 0.2) is 0 Å². The molecule has 96 valence electrons. The number of rotatable bonds is 4. The lowest BCUT2D eigenvalue weighted by molar-refractivity contribution is -0.138. The fourth-order valence-corrected chi connectivity index (χ4v) is 1.66. The fourth-order valence-electron chi connectivity index (χ4n) is 1.43. The molecule has 0 atom stereocenters. The second-order valence-electron chi connectivity index (χ2n) is 3.84. The SMILES string of the molecule is O=C(/C=C/c1ccc(Br)nc1)OCc1ccccc1. The van der Waals surface area contributed by atoms with Gasteiger partial charge in [-0.2, -0.15) is 0 Å². The molecule has 3 nitrogen and oxygen atoms in total. The lowest BCUT2D eigenvalue weighted by Gasteiger charge is -2.01. The molecule has 0 N–H and O–H groups in total. The van der Waals surface area contributed by atoms with Gasteiger partial charge in [-0.15, -0.1) is 0 Å². The summed E-state index contributed by atoms with van der Waals surface area (Å²) in [6, 6.07) is 13.2. The zero-order valence-corrected chi connectivity index (χ0v) is 11.7. The van der Waals surface area contributed by atoms with Gasteiger partial charge < -0.3 is 4.74 Å². The average molecular weight is 318 g/mol. The van der Waals surface area contributed by atoms with Gasteiger partial charge in [-0.3, -0.25) is 0 Å². The number of aromatic nitrogens is 1. The smallest absolute Gasteiger partial charge is 0.331 e. The predicted octanol–water partition coefficient (Wildman–Crippen LogP) is 3.60. The van der Waals surface area contributed by atoms with Crippen LogP contribution in [0.5, 0.6) is 0 Å². The quantitative estimate of drug-likeness (QED) is 0.491. The van der Waals surface area contributed by atoms with E-state index in [4.69, 9.17) is 4.74 Å². The molecule has 0 saturated carbocycles. The number of hydrogen-bond acceptors (Lipinski definition) is 3. The second-order valence-corrected chi connectivity index (χ2v) is 4.65. The van der Waals surface area contributed by atoms with Crippen LogP contribution in [0.25, 0.3) is 6.08 Å². The number of benzene rings is 1. The van der Waals surface area contributed by atoms with Gasteiger partial charge in [-0.25, -0.2) is 9.78 Å². The van der Waals surface area contributed by atoms with Crippen LogP contribution in [0, 0.1) is 0 Å². The Morgan fingerprint density at radius 1 is 1.21 bits per heavy atom. The number of pyridine rings is 1. The minimum Gasteiger partial charge on any atom is -0.458 e. The van der Waals surface area contributed by atoms with Gasteiger partial charge in [0.1, 0.15) is 11.2 Å². The molecular formula is C15H12BrNO2. The van der Waals surface area contributed by atoms with E-state index in [2.05, 4.69) is 20.9 Å². The van der Waals surface area contributed by atoms with Gasteiger partial charge in [-0.1, -0.05) is 36.4 Å². The standard InChI is InChI=1S/C15H12BrNO2/c16-14-8-6-12(10-17-14)7-9-15(18)19-11-13-4-2-1-3-5-13/h1-10H,11H2/b9-7+. The molecule has 4 heteroatoms. The first kappa shape index (κ1) is 13.5. The van der Waals surface area contributed by atoms with E-state index in [-0.39, 0.29) is 12.6 Å². The first-order chi connectivity index (χ1) is 9.24. The molecule has 0 radical (unpaired) electrons. The summed E-state index contributed by atoms with van der Waals surface area (Å²) in [7, 11) is 0. The van der Waals surface area contributed by atoms with Crippen molar-refractivity contribution in [2.24, 2.45) is 0 Å². The van der Waals surface area contributed by atoms with E-state index in [1.807, 2.05) is 42.5 Å². The molecule has 0 unspecified atom stereocenters. The Morgan fingerprint density at radius 2 is 2.00 bits per heavy atom. The van der Waals surface area contributed by atoms with Crippen LogP contribution in [0.15, 0.2) is 59.3 Å². The molecule has 0 aliphatic heterocycles. The summed E-state index contributed by atoms with van der Waals surface area (Å²) in [5.74, 6) is -0.369. The topological polar surface area (TPSA) is 39.2 Å². The van der Waals surface area contributed by atoms with Crippen LogP contribution in [0.1, 0.15) is 11.1 Å². The first-order valence-corrected chi connectivity index (χ1v) is 6.53. The van der Waals surface area contributed by atoms with Gasteiger partial charge in [0, 0.05) is 12.3 Å². The maximum Gasteiger partial charge on any atom is 0.331 e. The van der Waals surface area contributed by atoms with Gasteiger partial charge in [-0.05, 0) is 39.2 Å². The summed E-state index contributed by atoms with van der Waals surface area (Å²) in [5.41, 5.74) is 1.81. The summed E-state index contributed by atoms with van der Waals surface area (Å²) in [4.78, 5) is 15.6. The van der Waals surface area contributed by atoms with Gasteiger partial charge in [0.05, 0.1) is 0 Å². The third-order valence-electron chi connectivity index (χ3n) is 2.39. The minimum absolute atomic E-state index is 0.280. The summed E-state index contributed by atoms with van der Waals surface area (Å²) in [5, 5.41) is 0. The maximum absolute atomic E-state index is 11.5. The molecule has 2 rings (SSSR count). The van der Waals surface area contributed by atoms with Crippen LogP contribution in [-0.4, -0.2) is 11.0 Å². The van der Waals surface area contributed by atoms with Crippen LogP contribution < -0.4 is 0 Å². The van der Waals surface area contributed by atoms with Crippen molar-refractivity contribution in [3.05, 3.63) is 70.5 Å². The predicted molar refractivity (Wildman–Crippen MR) is 77.2 cm³/mol. The average Bonchev–Trinajstić information content (AvgIpc) is 2.45. The molecule has 0 aliphatic rings. The molecular weight excluding hydrogens is 306 g/mol. The van der Waals surface area contributed by atoms with E-state index in [0.29, 0.717) is 0 Å². The van der Waals surface area contributed by atoms with Crippen LogP contribution >= 0.6 is 15.9 Å². The normalized spacial score (nSPS) is 10.6. The summed E-state index contributed by atoms with van der Waals surface area (Å²) in [6.45, 7) is 0.280. The lowest BCUT2D eigenvalue weighted by Crippen LogP contribution is -2.00. The Kier molecular flexibility index (Phi) is 4.86. The molecule has 0 spiro atoms. The zero-order chi connectivity index (χ0) is 13.5. The Bertz CT molecular complexity index is 564. The van der Waals surface area contributed by atoms with E-state index in [1.165, 1.54) is 6.08 Å².